The molecule has 0 spiro atoms. The van der Waals surface area contributed by atoms with Crippen molar-refractivity contribution in [1.82, 2.24) is 4.72 Å². The summed E-state index contributed by atoms with van der Waals surface area (Å²) in [5.41, 5.74) is 5.25. The number of carbonyl (C=O) groups excluding carboxylic acids is 1. The lowest BCUT2D eigenvalue weighted by Crippen LogP contribution is -2.41. The van der Waals surface area contributed by atoms with Gasteiger partial charge in [-0.1, -0.05) is 20.3 Å². The molecule has 0 bridgehead atoms. The van der Waals surface area contributed by atoms with E-state index in [9.17, 15) is 17.6 Å². The second-order valence-corrected chi connectivity index (χ2v) is 8.55. The van der Waals surface area contributed by atoms with E-state index in [1.54, 1.807) is 20.8 Å². The third-order valence-electron chi connectivity index (χ3n) is 3.49. The quantitative estimate of drug-likeness (QED) is 0.725. The summed E-state index contributed by atoms with van der Waals surface area (Å²) in [6.45, 7) is 8.72. The van der Waals surface area contributed by atoms with E-state index >= 15 is 0 Å². The summed E-state index contributed by atoms with van der Waals surface area (Å²) < 4.78 is 41.0. The van der Waals surface area contributed by atoms with Crippen molar-refractivity contribution in [3.05, 3.63) is 24.0 Å². The highest BCUT2D eigenvalue weighted by molar-refractivity contribution is 7.89. The summed E-state index contributed by atoms with van der Waals surface area (Å²) in [5, 5.41) is 2.54. The highest BCUT2D eigenvalue weighted by Gasteiger charge is 2.26. The molecule has 0 heterocycles. The van der Waals surface area contributed by atoms with Crippen molar-refractivity contribution in [3.8, 4) is 0 Å². The lowest BCUT2D eigenvalue weighted by molar-refractivity contribution is -0.118. The van der Waals surface area contributed by atoms with Gasteiger partial charge in [0.1, 0.15) is 10.7 Å². The number of sulfonamides is 1. The first-order valence-electron chi connectivity index (χ1n) is 7.77. The number of hydrogen-bond acceptors (Lipinski definition) is 4. The smallest absolute Gasteiger partial charge is 0.244 e. The minimum Gasteiger partial charge on any atom is -0.325 e. The Kier molecular flexibility index (Phi) is 6.49. The number of anilines is 1. The Labute approximate surface area is 143 Å². The maximum atomic E-state index is 14.0. The lowest BCUT2D eigenvalue weighted by Gasteiger charge is -2.21. The number of amides is 1. The summed E-state index contributed by atoms with van der Waals surface area (Å²) in [6, 6.07) is 2.66. The molecule has 6 nitrogen and oxygen atoms in total. The summed E-state index contributed by atoms with van der Waals surface area (Å²) in [7, 11) is -4.06. The van der Waals surface area contributed by atoms with Gasteiger partial charge < -0.3 is 11.1 Å². The van der Waals surface area contributed by atoms with Crippen LogP contribution in [0.4, 0.5) is 10.1 Å². The van der Waals surface area contributed by atoms with Crippen molar-refractivity contribution in [3.63, 3.8) is 0 Å². The normalized spacial score (nSPS) is 15.0. The Morgan fingerprint density at radius 2 is 1.92 bits per heavy atom. The lowest BCUT2D eigenvalue weighted by atomic mass is 9.99. The molecule has 1 aromatic carbocycles. The summed E-state index contributed by atoms with van der Waals surface area (Å²) in [6.07, 6.45) is 0.729. The number of benzene rings is 1. The fourth-order valence-corrected chi connectivity index (χ4v) is 3.51. The number of carbonyl (C=O) groups is 1. The monoisotopic (exact) mass is 359 g/mol. The summed E-state index contributed by atoms with van der Waals surface area (Å²) >= 11 is 0. The van der Waals surface area contributed by atoms with Gasteiger partial charge in [-0.25, -0.2) is 17.5 Å². The molecule has 1 aromatic rings. The van der Waals surface area contributed by atoms with Crippen molar-refractivity contribution in [2.45, 2.75) is 57.5 Å². The molecule has 1 rings (SSSR count). The first-order chi connectivity index (χ1) is 10.9. The summed E-state index contributed by atoms with van der Waals surface area (Å²) in [4.78, 5) is 11.6. The number of nitrogens with one attached hydrogen (secondary N) is 2. The van der Waals surface area contributed by atoms with E-state index in [1.165, 1.54) is 6.07 Å². The number of nitrogens with two attached hydrogens (primary N) is 1. The van der Waals surface area contributed by atoms with Crippen LogP contribution in [-0.2, 0) is 14.8 Å². The average molecular weight is 359 g/mol. The second-order valence-electron chi connectivity index (χ2n) is 6.90. The maximum Gasteiger partial charge on any atom is 0.244 e. The van der Waals surface area contributed by atoms with E-state index in [-0.39, 0.29) is 11.6 Å². The van der Waals surface area contributed by atoms with Crippen molar-refractivity contribution < 1.29 is 17.6 Å². The molecule has 136 valence electrons. The zero-order valence-electron chi connectivity index (χ0n) is 14.7. The average Bonchev–Trinajstić information content (AvgIpc) is 2.44. The van der Waals surface area contributed by atoms with Gasteiger partial charge in [-0.3, -0.25) is 4.79 Å². The Morgan fingerprint density at radius 1 is 1.33 bits per heavy atom. The Hall–Kier alpha value is -1.51. The van der Waals surface area contributed by atoms with Gasteiger partial charge in [0, 0.05) is 11.2 Å². The van der Waals surface area contributed by atoms with Crippen LogP contribution >= 0.6 is 0 Å². The van der Waals surface area contributed by atoms with Crippen LogP contribution in [0.25, 0.3) is 0 Å². The summed E-state index contributed by atoms with van der Waals surface area (Å²) in [5.74, 6) is -1.37. The molecule has 2 unspecified atom stereocenters. The predicted molar refractivity (Wildman–Crippen MR) is 92.5 cm³/mol. The van der Waals surface area contributed by atoms with Gasteiger partial charge in [0.15, 0.2) is 0 Å². The van der Waals surface area contributed by atoms with E-state index in [1.807, 2.05) is 13.8 Å². The van der Waals surface area contributed by atoms with E-state index in [4.69, 9.17) is 5.73 Å². The van der Waals surface area contributed by atoms with E-state index < -0.39 is 38.2 Å². The van der Waals surface area contributed by atoms with Crippen LogP contribution in [0.2, 0.25) is 0 Å². The molecule has 0 aliphatic heterocycles. The van der Waals surface area contributed by atoms with E-state index in [0.717, 1.165) is 18.6 Å². The van der Waals surface area contributed by atoms with Crippen molar-refractivity contribution in [2.24, 2.45) is 11.7 Å². The topological polar surface area (TPSA) is 101 Å². The molecule has 0 saturated carbocycles. The third kappa shape index (κ3) is 5.54. The molecule has 24 heavy (non-hydrogen) atoms. The van der Waals surface area contributed by atoms with Crippen LogP contribution < -0.4 is 15.8 Å². The van der Waals surface area contributed by atoms with Crippen LogP contribution in [0.1, 0.15) is 41.0 Å². The second kappa shape index (κ2) is 7.58. The molecule has 8 heteroatoms. The van der Waals surface area contributed by atoms with E-state index in [2.05, 4.69) is 10.0 Å². The molecular formula is C16H26FN3O3S. The first kappa shape index (κ1) is 20.5. The van der Waals surface area contributed by atoms with Crippen LogP contribution in [0.5, 0.6) is 0 Å². The van der Waals surface area contributed by atoms with E-state index in [0.29, 0.717) is 0 Å². The molecular weight excluding hydrogens is 333 g/mol. The van der Waals surface area contributed by atoms with Gasteiger partial charge in [-0.2, -0.15) is 0 Å². The molecule has 0 aromatic heterocycles. The van der Waals surface area contributed by atoms with Gasteiger partial charge in [-0.15, -0.1) is 0 Å². The zero-order chi connectivity index (χ0) is 18.7. The fourth-order valence-electron chi connectivity index (χ4n) is 1.98. The van der Waals surface area contributed by atoms with Gasteiger partial charge in [0.25, 0.3) is 0 Å². The molecule has 0 radical (unpaired) electrons. The largest absolute Gasteiger partial charge is 0.325 e. The van der Waals surface area contributed by atoms with Crippen LogP contribution in [0.15, 0.2) is 23.1 Å². The molecule has 4 N–H and O–H groups in total. The van der Waals surface area contributed by atoms with Gasteiger partial charge in [0.2, 0.25) is 15.9 Å². The van der Waals surface area contributed by atoms with Crippen molar-refractivity contribution in [2.75, 3.05) is 5.32 Å². The zero-order valence-corrected chi connectivity index (χ0v) is 15.5. The molecule has 0 aliphatic rings. The highest BCUT2D eigenvalue weighted by atomic mass is 32.2. The van der Waals surface area contributed by atoms with Crippen molar-refractivity contribution in [1.29, 1.82) is 0 Å². The molecule has 0 saturated heterocycles. The predicted octanol–water partition coefficient (Wildman–Crippen LogP) is 2.21. The first-order valence-corrected chi connectivity index (χ1v) is 9.25. The van der Waals surface area contributed by atoms with Crippen molar-refractivity contribution >= 4 is 21.6 Å². The number of rotatable bonds is 6. The van der Waals surface area contributed by atoms with Crippen LogP contribution in [0, 0.1) is 11.7 Å². The molecule has 0 aliphatic carbocycles. The number of halogens is 1. The Balaban J connectivity index is 3.09. The van der Waals surface area contributed by atoms with Crippen LogP contribution in [-0.4, -0.2) is 25.9 Å². The third-order valence-corrected chi connectivity index (χ3v) is 5.26. The molecule has 1 amide bonds. The van der Waals surface area contributed by atoms with Crippen LogP contribution in [0.3, 0.4) is 0 Å². The van der Waals surface area contributed by atoms with Gasteiger partial charge in [0.05, 0.1) is 6.04 Å². The molecule has 0 fully saturated rings. The number of hydrogen-bond donors (Lipinski definition) is 3. The van der Waals surface area contributed by atoms with Gasteiger partial charge in [-0.05, 0) is 44.9 Å². The SMILES string of the molecule is CCC(C)C(N)C(=O)Nc1ccc(F)c(S(=O)(=O)NC(C)(C)C)c1. The fraction of sp³-hybridized carbons (Fsp3) is 0.562. The van der Waals surface area contributed by atoms with Gasteiger partial charge >= 0.3 is 0 Å². The Morgan fingerprint density at radius 3 is 2.42 bits per heavy atom. The standard InChI is InChI=1S/C16H26FN3O3S/c1-6-10(2)14(18)15(21)19-11-7-8-12(17)13(9-11)24(22,23)20-16(3,4)5/h7-10,14,20H,6,18H2,1-5H3,(H,19,21). The minimum absolute atomic E-state index is 0.0313. The maximum absolute atomic E-state index is 14.0. The highest BCUT2D eigenvalue weighted by Crippen LogP contribution is 2.21. The molecule has 2 atom stereocenters. The minimum atomic E-state index is -4.06. The Bertz CT molecular complexity index is 699.